The Labute approximate surface area is 133 Å². The number of hydrogen-bond acceptors (Lipinski definition) is 3. The van der Waals surface area contributed by atoms with Gasteiger partial charge in [-0.25, -0.2) is 4.79 Å². The van der Waals surface area contributed by atoms with E-state index in [4.69, 9.17) is 4.74 Å². The van der Waals surface area contributed by atoms with Gasteiger partial charge < -0.3 is 10.1 Å². The molecule has 1 amide bonds. The smallest absolute Gasteiger partial charge is 0.407 e. The lowest BCUT2D eigenvalue weighted by Gasteiger charge is -2.19. The molecule has 22 heavy (non-hydrogen) atoms. The van der Waals surface area contributed by atoms with Crippen LogP contribution < -0.4 is 5.32 Å². The molecule has 1 N–H and O–H groups in total. The van der Waals surface area contributed by atoms with Crippen molar-refractivity contribution >= 4 is 11.9 Å². The molecule has 1 aromatic rings. The molecule has 0 fully saturated rings. The van der Waals surface area contributed by atoms with Crippen LogP contribution in [0, 0.1) is 6.92 Å². The largest absolute Gasteiger partial charge is 0.444 e. The quantitative estimate of drug-likeness (QED) is 0.605. The molecule has 0 saturated heterocycles. The van der Waals surface area contributed by atoms with E-state index < -0.39 is 5.60 Å². The Morgan fingerprint density at radius 1 is 1.14 bits per heavy atom. The van der Waals surface area contributed by atoms with Gasteiger partial charge in [0.15, 0.2) is 5.78 Å². The van der Waals surface area contributed by atoms with Crippen molar-refractivity contribution in [1.82, 2.24) is 5.32 Å². The van der Waals surface area contributed by atoms with Gasteiger partial charge in [0.2, 0.25) is 0 Å². The highest BCUT2D eigenvalue weighted by molar-refractivity contribution is 5.96. The predicted octanol–water partition coefficient (Wildman–Crippen LogP) is 4.26. The lowest BCUT2D eigenvalue weighted by molar-refractivity contribution is 0.0526. The maximum absolute atomic E-state index is 12.0. The summed E-state index contributed by atoms with van der Waals surface area (Å²) in [4.78, 5) is 23.4. The minimum absolute atomic E-state index is 0.184. The third-order valence-corrected chi connectivity index (χ3v) is 3.09. The zero-order chi connectivity index (χ0) is 16.6. The Morgan fingerprint density at radius 3 is 2.50 bits per heavy atom. The van der Waals surface area contributed by atoms with Gasteiger partial charge in [0.1, 0.15) is 5.60 Å². The Hall–Kier alpha value is -1.84. The van der Waals surface area contributed by atoms with Crippen LogP contribution in [0.25, 0.3) is 0 Å². The molecule has 4 heteroatoms. The number of ketones is 1. The standard InChI is InChI=1S/C18H27NO3/c1-14-9-8-10-15(13-14)16(20)11-6-5-7-12-19-17(21)22-18(2,3)4/h8-10,13H,5-7,11-12H2,1-4H3,(H,19,21). The molecule has 0 radical (unpaired) electrons. The van der Waals surface area contributed by atoms with Crippen molar-refractivity contribution in [3.05, 3.63) is 35.4 Å². The molecule has 0 aliphatic heterocycles. The van der Waals surface area contributed by atoms with Gasteiger partial charge in [-0.2, -0.15) is 0 Å². The second kappa shape index (κ2) is 8.57. The van der Waals surface area contributed by atoms with Crippen molar-refractivity contribution in [1.29, 1.82) is 0 Å². The number of amides is 1. The van der Waals surface area contributed by atoms with Crippen LogP contribution in [0.15, 0.2) is 24.3 Å². The zero-order valence-electron chi connectivity index (χ0n) is 14.1. The fourth-order valence-corrected chi connectivity index (χ4v) is 2.05. The van der Waals surface area contributed by atoms with E-state index in [9.17, 15) is 9.59 Å². The van der Waals surface area contributed by atoms with Crippen molar-refractivity contribution in [3.63, 3.8) is 0 Å². The summed E-state index contributed by atoms with van der Waals surface area (Å²) in [6.45, 7) is 8.07. The molecule has 0 aromatic heterocycles. The Balaban J connectivity index is 2.13. The highest BCUT2D eigenvalue weighted by Crippen LogP contribution is 2.10. The normalized spacial score (nSPS) is 11.1. The highest BCUT2D eigenvalue weighted by atomic mass is 16.6. The SMILES string of the molecule is Cc1cccc(C(=O)CCCCCNC(=O)OC(C)(C)C)c1. The Morgan fingerprint density at radius 2 is 1.86 bits per heavy atom. The summed E-state index contributed by atoms with van der Waals surface area (Å²) in [5.41, 5.74) is 1.42. The molecule has 0 atom stereocenters. The van der Waals surface area contributed by atoms with Crippen LogP contribution in [0.2, 0.25) is 0 Å². The lowest BCUT2D eigenvalue weighted by atomic mass is 10.0. The van der Waals surface area contributed by atoms with Crippen LogP contribution in [0.1, 0.15) is 62.4 Å². The summed E-state index contributed by atoms with van der Waals surface area (Å²) in [5.74, 6) is 0.184. The van der Waals surface area contributed by atoms with Gasteiger partial charge in [-0.05, 0) is 46.6 Å². The Bertz CT molecular complexity index is 503. The van der Waals surface area contributed by atoms with Crippen LogP contribution in [0.4, 0.5) is 4.79 Å². The first-order valence-corrected chi connectivity index (χ1v) is 7.84. The predicted molar refractivity (Wildman–Crippen MR) is 88.2 cm³/mol. The molecule has 1 rings (SSSR count). The van der Waals surface area contributed by atoms with Crippen molar-refractivity contribution in [2.24, 2.45) is 0 Å². The average Bonchev–Trinajstić information content (AvgIpc) is 2.40. The van der Waals surface area contributed by atoms with E-state index in [2.05, 4.69) is 5.32 Å². The second-order valence-corrected chi connectivity index (χ2v) is 6.53. The van der Waals surface area contributed by atoms with E-state index in [0.29, 0.717) is 13.0 Å². The summed E-state index contributed by atoms with van der Waals surface area (Å²) in [7, 11) is 0. The third-order valence-electron chi connectivity index (χ3n) is 3.09. The molecule has 0 unspecified atom stereocenters. The fourth-order valence-electron chi connectivity index (χ4n) is 2.05. The summed E-state index contributed by atoms with van der Waals surface area (Å²) < 4.78 is 5.15. The number of carbonyl (C=O) groups is 2. The molecule has 0 saturated carbocycles. The van der Waals surface area contributed by atoms with Crippen LogP contribution in [0.5, 0.6) is 0 Å². The number of carbonyl (C=O) groups excluding carboxylic acids is 2. The maximum atomic E-state index is 12.0. The van der Waals surface area contributed by atoms with Gasteiger partial charge in [-0.3, -0.25) is 4.79 Å². The number of ether oxygens (including phenoxy) is 1. The third kappa shape index (κ3) is 7.81. The molecule has 4 nitrogen and oxygen atoms in total. The Kier molecular flexibility index (Phi) is 7.09. The van der Waals surface area contributed by atoms with E-state index >= 15 is 0 Å². The van der Waals surface area contributed by atoms with Gasteiger partial charge in [0, 0.05) is 18.5 Å². The molecular weight excluding hydrogens is 278 g/mol. The van der Waals surface area contributed by atoms with Gasteiger partial charge >= 0.3 is 6.09 Å². The molecule has 0 heterocycles. The number of benzene rings is 1. The molecule has 0 bridgehead atoms. The van der Waals surface area contributed by atoms with E-state index in [0.717, 1.165) is 30.4 Å². The first-order chi connectivity index (χ1) is 10.3. The van der Waals surface area contributed by atoms with Gasteiger partial charge in [0.05, 0.1) is 0 Å². The summed E-state index contributed by atoms with van der Waals surface area (Å²) in [6, 6.07) is 7.68. The van der Waals surface area contributed by atoms with Crippen molar-refractivity contribution in [2.45, 2.75) is 59.0 Å². The van der Waals surface area contributed by atoms with Crippen molar-refractivity contribution in [3.8, 4) is 0 Å². The van der Waals surface area contributed by atoms with E-state index in [1.54, 1.807) is 0 Å². The van der Waals surface area contributed by atoms with Gasteiger partial charge in [-0.15, -0.1) is 0 Å². The van der Waals surface area contributed by atoms with E-state index in [1.807, 2.05) is 52.0 Å². The molecular formula is C18H27NO3. The molecule has 1 aromatic carbocycles. The van der Waals surface area contributed by atoms with Crippen molar-refractivity contribution < 1.29 is 14.3 Å². The van der Waals surface area contributed by atoms with Crippen LogP contribution in [-0.4, -0.2) is 24.0 Å². The maximum Gasteiger partial charge on any atom is 0.407 e. The number of rotatable bonds is 7. The van der Waals surface area contributed by atoms with E-state index in [1.165, 1.54) is 0 Å². The molecule has 0 aliphatic rings. The fraction of sp³-hybridized carbons (Fsp3) is 0.556. The minimum atomic E-state index is -0.468. The number of alkyl carbamates (subject to hydrolysis) is 1. The molecule has 0 spiro atoms. The number of unbranched alkanes of at least 4 members (excludes halogenated alkanes) is 2. The summed E-state index contributed by atoms with van der Waals surface area (Å²) in [5, 5.41) is 2.72. The van der Waals surface area contributed by atoms with Crippen LogP contribution in [0.3, 0.4) is 0 Å². The topological polar surface area (TPSA) is 55.4 Å². The molecule has 0 aliphatic carbocycles. The number of nitrogens with one attached hydrogen (secondary N) is 1. The molecule has 122 valence electrons. The number of Topliss-reactive ketones (excluding diaryl/α,β-unsaturated/α-hetero) is 1. The summed E-state index contributed by atoms with van der Waals surface area (Å²) >= 11 is 0. The number of hydrogen-bond donors (Lipinski definition) is 1. The minimum Gasteiger partial charge on any atom is -0.444 e. The first-order valence-electron chi connectivity index (χ1n) is 7.84. The van der Waals surface area contributed by atoms with Crippen LogP contribution in [-0.2, 0) is 4.74 Å². The van der Waals surface area contributed by atoms with Crippen molar-refractivity contribution in [2.75, 3.05) is 6.54 Å². The zero-order valence-corrected chi connectivity index (χ0v) is 14.1. The number of aryl methyl sites for hydroxylation is 1. The monoisotopic (exact) mass is 305 g/mol. The second-order valence-electron chi connectivity index (χ2n) is 6.53. The van der Waals surface area contributed by atoms with Gasteiger partial charge in [0.25, 0.3) is 0 Å². The lowest BCUT2D eigenvalue weighted by Crippen LogP contribution is -2.32. The first kappa shape index (κ1) is 18.2. The summed E-state index contributed by atoms with van der Waals surface area (Å²) in [6.07, 6.45) is 2.76. The van der Waals surface area contributed by atoms with E-state index in [-0.39, 0.29) is 11.9 Å². The van der Waals surface area contributed by atoms with Gasteiger partial charge in [-0.1, -0.05) is 30.2 Å². The average molecular weight is 305 g/mol. The highest BCUT2D eigenvalue weighted by Gasteiger charge is 2.15. The van der Waals surface area contributed by atoms with Crippen LogP contribution >= 0.6 is 0 Å².